The Balaban J connectivity index is 0.000000155. The van der Waals surface area contributed by atoms with Gasteiger partial charge in [0.1, 0.15) is 11.6 Å². The zero-order chi connectivity index (χ0) is 106. The van der Waals surface area contributed by atoms with Crippen molar-refractivity contribution in [3.05, 3.63) is 396 Å². The van der Waals surface area contributed by atoms with Crippen molar-refractivity contribution >= 4 is 87.3 Å². The minimum atomic E-state index is -0.571. The Labute approximate surface area is 872 Å². The first-order valence-electron chi connectivity index (χ1n) is 51.8. The molecule has 5 aliphatic rings. The molecule has 1 saturated carbocycles. The van der Waals surface area contributed by atoms with Gasteiger partial charge in [0.2, 0.25) is 23.6 Å². The van der Waals surface area contributed by atoms with Crippen LogP contribution in [0.2, 0.25) is 5.02 Å². The molecule has 4 saturated heterocycles. The average molecular weight is 2000 g/mol. The summed E-state index contributed by atoms with van der Waals surface area (Å²) in [5, 5.41) is 22.6. The molecule has 0 unspecified atom stereocenters. The molecule has 0 spiro atoms. The van der Waals surface area contributed by atoms with Crippen molar-refractivity contribution in [1.82, 2.24) is 19.6 Å². The molecule has 8 amide bonds. The highest BCUT2D eigenvalue weighted by Crippen LogP contribution is 2.48. The number of carbonyl (C=O) groups excluding carboxylic acids is 8. The number of amides is 8. The molecule has 147 heavy (non-hydrogen) atoms. The molecule has 5 fully saturated rings. The van der Waals surface area contributed by atoms with Crippen LogP contribution in [0.4, 0.5) is 37.2 Å². The summed E-state index contributed by atoms with van der Waals surface area (Å²) >= 11 is 6.14. The van der Waals surface area contributed by atoms with Gasteiger partial charge in [0, 0.05) is 84.9 Å². The van der Waals surface area contributed by atoms with Crippen molar-refractivity contribution in [1.29, 1.82) is 0 Å². The maximum absolute atomic E-state index is 14.9. The van der Waals surface area contributed by atoms with Crippen molar-refractivity contribution in [3.63, 3.8) is 0 Å². The first-order valence-corrected chi connectivity index (χ1v) is 52.2. The molecular weight excluding hydrogens is 1860 g/mol. The summed E-state index contributed by atoms with van der Waals surface area (Å²) in [6, 6.07) is 86.1. The van der Waals surface area contributed by atoms with Crippen LogP contribution in [0, 0.1) is 63.0 Å². The second-order valence-electron chi connectivity index (χ2n) is 44.4. The molecule has 4 heterocycles. The first kappa shape index (κ1) is 109. The standard InChI is InChI=1S/C33H38N2O2.C32H38FN3O2.C31H35FN2O3.C30H33ClN2O2/c1-22-11-8-16-27(23-18-19-23)29(22)32(37)35-20-10-17-28(30(35)24-12-6-5-7-13-24)31(36)34-26-15-9-14-25(21-26)33(2,3)4;1-21-10-7-14-27(33)28(21)31(38)36-19-9-13-26(29(36)22-15-17-25(18-16-22)35(5)6)30(37)34-24-12-8-11-23(20-24)32(2,3)4;1-20-8-5-12-26(32)27(20)30(37)34-17-7-11-25(28(34)22-15-13-21(19-35)14-16-22)29(36)33-24-10-6-9-23(18-24)31(2,3)4;1-20-18-23(31)15-16-25(20)29(35)33-17-9-14-26(27(33)21-10-6-5-7-11-21)28(34)32-24-13-8-12-22(19-24)30(2,3)4/h5-9,11-16,21,23,28,30H,10,17-20H2,1-4H3,(H,34,36);7-8,10-12,14-18,20,26,29H,9,13,19H2,1-6H3,(H,34,37);5-6,8-10,12-16,18,25,28,35H,7,11,17,19H2,1-4H3,(H,33,36);5-8,10-13,15-16,18-19,26-27H,9,14,17H2,1-4H3,(H,32,34)/t28-,30-;26-,29-;25-,28-;26-,27-/m0000/s1. The van der Waals surface area contributed by atoms with Gasteiger partial charge < -0.3 is 50.9 Å². The van der Waals surface area contributed by atoms with Crippen molar-refractivity contribution in [2.45, 2.75) is 233 Å². The predicted octanol–water partition coefficient (Wildman–Crippen LogP) is 27.5. The van der Waals surface area contributed by atoms with Gasteiger partial charge in [-0.1, -0.05) is 283 Å². The van der Waals surface area contributed by atoms with Crippen molar-refractivity contribution in [3.8, 4) is 0 Å². The molecule has 0 bridgehead atoms. The number of aliphatic hydroxyl groups is 1. The van der Waals surface area contributed by atoms with E-state index >= 15 is 0 Å². The highest BCUT2D eigenvalue weighted by atomic mass is 35.5. The molecular formula is C126H144ClF2N9O9. The minimum absolute atomic E-state index is 0.00578. The Morgan fingerprint density at radius 3 is 0.939 bits per heavy atom. The van der Waals surface area contributed by atoms with Crippen LogP contribution >= 0.6 is 11.6 Å². The molecule has 1 aliphatic carbocycles. The normalized spacial score (nSPS) is 18.5. The van der Waals surface area contributed by atoms with E-state index in [-0.39, 0.29) is 105 Å². The lowest BCUT2D eigenvalue weighted by Crippen LogP contribution is -2.46. The summed E-state index contributed by atoms with van der Waals surface area (Å²) in [6.45, 7) is 35.2. The minimum Gasteiger partial charge on any atom is -0.392 e. The van der Waals surface area contributed by atoms with Gasteiger partial charge in [0.05, 0.1) is 65.6 Å². The van der Waals surface area contributed by atoms with Crippen molar-refractivity contribution < 1.29 is 52.2 Å². The van der Waals surface area contributed by atoms with E-state index in [2.05, 4.69) is 153 Å². The van der Waals surface area contributed by atoms with E-state index in [9.17, 15) is 52.2 Å². The Kier molecular flexibility index (Phi) is 35.2. The van der Waals surface area contributed by atoms with Crippen LogP contribution in [0.25, 0.3) is 0 Å². The van der Waals surface area contributed by atoms with E-state index in [1.807, 2.05) is 213 Å². The van der Waals surface area contributed by atoms with Crippen LogP contribution in [0.1, 0.15) is 297 Å². The molecule has 8 atom stereocenters. The lowest BCUT2D eigenvalue weighted by Gasteiger charge is -2.41. The number of nitrogens with zero attached hydrogens (tertiary/aromatic N) is 5. The van der Waals surface area contributed by atoms with Crippen LogP contribution < -0.4 is 26.2 Å². The lowest BCUT2D eigenvalue weighted by molar-refractivity contribution is -0.124. The van der Waals surface area contributed by atoms with Crippen molar-refractivity contribution in [2.75, 3.05) is 66.4 Å². The number of aliphatic hydroxyl groups excluding tert-OH is 1. The number of carbonyl (C=O) groups is 8. The fraction of sp³-hybridized carbons (Fsp3) is 0.365. The molecule has 18 nitrogen and oxygen atoms in total. The maximum atomic E-state index is 14.9. The molecule has 5 N–H and O–H groups in total. The number of likely N-dealkylation sites (tertiary alicyclic amines) is 4. The Morgan fingerprint density at radius 1 is 0.333 bits per heavy atom. The van der Waals surface area contributed by atoms with Crippen LogP contribution in [-0.2, 0) is 47.4 Å². The van der Waals surface area contributed by atoms with Gasteiger partial charge in [0.25, 0.3) is 23.6 Å². The van der Waals surface area contributed by atoms with E-state index < -0.39 is 41.5 Å². The number of benzene rings is 12. The summed E-state index contributed by atoms with van der Waals surface area (Å²) in [5.74, 6) is -3.53. The van der Waals surface area contributed by atoms with E-state index in [1.54, 1.807) is 72.2 Å². The Morgan fingerprint density at radius 2 is 0.633 bits per heavy atom. The monoisotopic (exact) mass is 2000 g/mol. The zero-order valence-electron chi connectivity index (χ0n) is 88.4. The van der Waals surface area contributed by atoms with E-state index in [0.29, 0.717) is 91.6 Å². The number of aryl methyl sites for hydroxylation is 4. The Hall–Kier alpha value is -13.7. The fourth-order valence-corrected chi connectivity index (χ4v) is 21.1. The lowest BCUT2D eigenvalue weighted by atomic mass is 9.82. The quantitative estimate of drug-likeness (QED) is 0.0515. The van der Waals surface area contributed by atoms with Crippen molar-refractivity contribution in [2.24, 2.45) is 23.7 Å². The largest absolute Gasteiger partial charge is 0.392 e. The predicted molar refractivity (Wildman–Crippen MR) is 589 cm³/mol. The smallest absolute Gasteiger partial charge is 0.257 e. The van der Waals surface area contributed by atoms with Gasteiger partial charge >= 0.3 is 0 Å². The number of piperidine rings is 4. The fourth-order valence-electron chi connectivity index (χ4n) is 20.9. The summed E-state index contributed by atoms with van der Waals surface area (Å²) in [5.41, 5.74) is 18.6. The van der Waals surface area contributed by atoms with E-state index in [0.717, 1.165) is 116 Å². The van der Waals surface area contributed by atoms with Gasteiger partial charge in [-0.15, -0.1) is 0 Å². The molecule has 12 aromatic rings. The van der Waals surface area contributed by atoms with Gasteiger partial charge in [0.15, 0.2) is 0 Å². The second-order valence-corrected chi connectivity index (χ2v) is 44.8. The number of hydrogen-bond donors (Lipinski definition) is 5. The SMILES string of the molecule is Cc1cc(Cl)ccc1C(=O)N1CCC[C@H](C(=O)Nc2cccc(C(C)(C)C)c2)[C@@H]1c1ccccc1.Cc1cccc(C2CC2)c1C(=O)N1CCC[C@H](C(=O)Nc2cccc(C(C)(C)C)c2)[C@@H]1c1ccccc1.Cc1cccc(F)c1C(=O)N1CCC[C@H](C(=O)Nc2cccc(C(C)(C)C)c2)[C@@H]1c1ccc(CO)cc1.Cc1cccc(F)c1C(=O)N1CCC[C@H](C(=O)Nc2cccc(C(C)(C)C)c2)[C@@H]1c1ccc(N(C)C)cc1. The third-order valence-electron chi connectivity index (χ3n) is 29.3. The third-order valence-corrected chi connectivity index (χ3v) is 29.5. The molecule has 0 aromatic heterocycles. The highest BCUT2D eigenvalue weighted by molar-refractivity contribution is 6.30. The number of hydrogen-bond acceptors (Lipinski definition) is 10. The Bertz CT molecular complexity index is 6660. The van der Waals surface area contributed by atoms with Crippen LogP contribution in [0.3, 0.4) is 0 Å². The van der Waals surface area contributed by atoms with Gasteiger partial charge in [-0.2, -0.15) is 0 Å². The summed E-state index contributed by atoms with van der Waals surface area (Å²) in [6.07, 6.45) is 7.83. The molecule has 12 aromatic carbocycles. The summed E-state index contributed by atoms with van der Waals surface area (Å²) in [4.78, 5) is 120. The number of anilines is 5. The van der Waals surface area contributed by atoms with Gasteiger partial charge in [-0.3, -0.25) is 38.4 Å². The zero-order valence-corrected chi connectivity index (χ0v) is 89.2. The maximum Gasteiger partial charge on any atom is 0.257 e. The molecule has 21 heteroatoms. The van der Waals surface area contributed by atoms with Crippen LogP contribution in [-0.4, -0.2) is 112 Å². The van der Waals surface area contributed by atoms with E-state index in [4.69, 9.17) is 11.6 Å². The third kappa shape index (κ3) is 26.7. The van der Waals surface area contributed by atoms with Crippen LogP contribution in [0.5, 0.6) is 0 Å². The summed E-state index contributed by atoms with van der Waals surface area (Å²) < 4.78 is 29.7. The first-order chi connectivity index (χ1) is 69.9. The van der Waals surface area contributed by atoms with Gasteiger partial charge in [-0.05, 0) is 288 Å². The number of rotatable bonds is 19. The molecule has 4 aliphatic heterocycles. The van der Waals surface area contributed by atoms with Crippen LogP contribution in [0.15, 0.2) is 279 Å². The number of halogens is 3. The summed E-state index contributed by atoms with van der Waals surface area (Å²) in [7, 11) is 3.93. The van der Waals surface area contributed by atoms with E-state index in [1.165, 1.54) is 23.3 Å². The average Bonchev–Trinajstić information content (AvgIpc) is 1.65. The molecule has 17 rings (SSSR count). The molecule has 0 radical (unpaired) electrons. The molecule has 768 valence electrons. The van der Waals surface area contributed by atoms with Gasteiger partial charge in [-0.25, -0.2) is 8.78 Å². The number of nitrogens with one attached hydrogen (secondary N) is 4. The highest BCUT2D eigenvalue weighted by Gasteiger charge is 2.47. The topological polar surface area (TPSA) is 221 Å². The second kappa shape index (κ2) is 47.4.